The second-order valence-corrected chi connectivity index (χ2v) is 2.14. The molecule has 1 rings (SSSR count). The molecular weight excluding hydrogens is 104 g/mol. The first kappa shape index (κ1) is 4.85. The molecule has 0 bridgehead atoms. The van der Waals surface area contributed by atoms with Crippen LogP contribution in [0, 0.1) is 6.07 Å². The smallest absolute Gasteiger partial charge is 0.00115 e. The van der Waals surface area contributed by atoms with E-state index in [9.17, 15) is 0 Å². The lowest BCUT2D eigenvalue weighted by atomic mass is 10.3. The molecule has 0 saturated heterocycles. The summed E-state index contributed by atoms with van der Waals surface area (Å²) in [6.07, 6.45) is 1.11. The molecule has 1 heterocycles. The number of hydrogen-bond acceptors (Lipinski definition) is 1. The van der Waals surface area contributed by atoms with Gasteiger partial charge in [0.2, 0.25) is 0 Å². The Morgan fingerprint density at radius 3 is 3.00 bits per heavy atom. The minimum atomic E-state index is 1.11. The summed E-state index contributed by atoms with van der Waals surface area (Å²) in [5.41, 5.74) is 1.32. The van der Waals surface area contributed by atoms with E-state index in [1.165, 1.54) is 5.56 Å². The van der Waals surface area contributed by atoms with Gasteiger partial charge in [-0.3, -0.25) is 0 Å². The summed E-state index contributed by atoms with van der Waals surface area (Å²) < 4.78 is 0. The van der Waals surface area contributed by atoms with Crippen LogP contribution in [0.15, 0.2) is 10.8 Å². The first-order valence-corrected chi connectivity index (χ1v) is 3.30. The van der Waals surface area contributed by atoms with Gasteiger partial charge in [-0.25, -0.2) is 0 Å². The topological polar surface area (TPSA) is 0 Å². The fourth-order valence-corrected chi connectivity index (χ4v) is 1.13. The zero-order valence-electron chi connectivity index (χ0n) is 4.27. The number of hydrogen-bond donors (Lipinski definition) is 0. The van der Waals surface area contributed by atoms with Crippen LogP contribution in [0.4, 0.5) is 0 Å². The van der Waals surface area contributed by atoms with Gasteiger partial charge in [-0.1, -0.05) is 6.92 Å². The van der Waals surface area contributed by atoms with Gasteiger partial charge in [0.15, 0.2) is 0 Å². The van der Waals surface area contributed by atoms with E-state index in [1.54, 1.807) is 11.3 Å². The van der Waals surface area contributed by atoms with Gasteiger partial charge < -0.3 is 0 Å². The lowest BCUT2D eigenvalue weighted by Crippen LogP contribution is -1.67. The van der Waals surface area contributed by atoms with Gasteiger partial charge in [0.1, 0.15) is 0 Å². The van der Waals surface area contributed by atoms with Crippen LogP contribution >= 0.6 is 11.3 Å². The van der Waals surface area contributed by atoms with Crippen LogP contribution in [0.2, 0.25) is 0 Å². The van der Waals surface area contributed by atoms with E-state index in [-0.39, 0.29) is 0 Å². The number of aryl methyl sites for hydroxylation is 1. The van der Waals surface area contributed by atoms with Crippen molar-refractivity contribution < 1.29 is 0 Å². The van der Waals surface area contributed by atoms with Gasteiger partial charge >= 0.3 is 0 Å². The second-order valence-electron chi connectivity index (χ2n) is 1.39. The van der Waals surface area contributed by atoms with E-state index in [0.29, 0.717) is 0 Å². The zero-order valence-corrected chi connectivity index (χ0v) is 5.09. The maximum atomic E-state index is 3.11. The quantitative estimate of drug-likeness (QED) is 0.520. The van der Waals surface area contributed by atoms with Crippen molar-refractivity contribution >= 4 is 11.3 Å². The first-order valence-electron chi connectivity index (χ1n) is 2.36. The molecule has 0 aromatic carbocycles. The molecule has 0 N–H and O–H groups in total. The molecule has 1 radical (unpaired) electrons. The van der Waals surface area contributed by atoms with Gasteiger partial charge in [-0.2, -0.15) is 11.3 Å². The third kappa shape index (κ3) is 1.03. The van der Waals surface area contributed by atoms with Gasteiger partial charge in [-0.05, 0) is 28.8 Å². The van der Waals surface area contributed by atoms with E-state index in [0.717, 1.165) is 6.42 Å². The summed E-state index contributed by atoms with van der Waals surface area (Å²) in [6, 6.07) is 3.11. The Balaban J connectivity index is 2.76. The van der Waals surface area contributed by atoms with Crippen LogP contribution in [-0.4, -0.2) is 0 Å². The predicted octanol–water partition coefficient (Wildman–Crippen LogP) is 2.11. The fourth-order valence-electron chi connectivity index (χ4n) is 0.445. The van der Waals surface area contributed by atoms with Crippen molar-refractivity contribution in [1.29, 1.82) is 0 Å². The van der Waals surface area contributed by atoms with Gasteiger partial charge in [0.05, 0.1) is 0 Å². The third-order valence-electron chi connectivity index (χ3n) is 0.904. The van der Waals surface area contributed by atoms with Crippen molar-refractivity contribution in [3.8, 4) is 0 Å². The minimum absolute atomic E-state index is 1.11. The van der Waals surface area contributed by atoms with Crippen molar-refractivity contribution in [2.45, 2.75) is 13.3 Å². The summed E-state index contributed by atoms with van der Waals surface area (Å²) in [7, 11) is 0. The van der Waals surface area contributed by atoms with Crippen molar-refractivity contribution in [3.63, 3.8) is 0 Å². The molecule has 37 valence electrons. The third-order valence-corrected chi connectivity index (χ3v) is 1.58. The lowest BCUT2D eigenvalue weighted by molar-refractivity contribution is 1.15. The average molecular weight is 111 g/mol. The van der Waals surface area contributed by atoms with Crippen molar-refractivity contribution in [2.75, 3.05) is 0 Å². The molecule has 0 aliphatic heterocycles. The molecule has 1 heteroatoms. The number of rotatable bonds is 1. The monoisotopic (exact) mass is 111 g/mol. The Morgan fingerprint density at radius 2 is 2.71 bits per heavy atom. The SMILES string of the molecule is CCc1[c]csc1. The Bertz CT molecular complexity index is 119. The lowest BCUT2D eigenvalue weighted by Gasteiger charge is -1.77. The van der Waals surface area contributed by atoms with Crippen LogP contribution < -0.4 is 0 Å². The van der Waals surface area contributed by atoms with Crippen molar-refractivity contribution in [1.82, 2.24) is 0 Å². The van der Waals surface area contributed by atoms with Crippen LogP contribution in [0.1, 0.15) is 12.5 Å². The molecule has 0 saturated carbocycles. The first-order chi connectivity index (χ1) is 3.43. The molecule has 0 aliphatic rings. The van der Waals surface area contributed by atoms with E-state index < -0.39 is 0 Å². The highest BCUT2D eigenvalue weighted by Crippen LogP contribution is 2.03. The highest BCUT2D eigenvalue weighted by atomic mass is 32.1. The van der Waals surface area contributed by atoms with Gasteiger partial charge in [-0.15, -0.1) is 0 Å². The maximum Gasteiger partial charge on any atom is -0.00115 e. The molecule has 0 amide bonds. The largest absolute Gasteiger partial charge is 0.151 e. The molecule has 0 fully saturated rings. The highest BCUT2D eigenvalue weighted by molar-refractivity contribution is 7.07. The average Bonchev–Trinajstić information content (AvgIpc) is 2.14. The molecule has 1 aromatic heterocycles. The van der Waals surface area contributed by atoms with E-state index in [2.05, 4.69) is 18.4 Å². The molecule has 0 nitrogen and oxygen atoms in total. The Morgan fingerprint density at radius 1 is 1.86 bits per heavy atom. The van der Waals surface area contributed by atoms with Crippen LogP contribution in [0.3, 0.4) is 0 Å². The zero-order chi connectivity index (χ0) is 5.11. The molecule has 0 unspecified atom stereocenters. The van der Waals surface area contributed by atoms with Gasteiger partial charge in [0.25, 0.3) is 0 Å². The molecule has 0 aliphatic carbocycles. The predicted molar refractivity (Wildman–Crippen MR) is 32.5 cm³/mol. The van der Waals surface area contributed by atoms with E-state index in [1.807, 2.05) is 5.38 Å². The highest BCUT2D eigenvalue weighted by Gasteiger charge is 1.83. The Kier molecular flexibility index (Phi) is 1.47. The Hall–Kier alpha value is -0.300. The second kappa shape index (κ2) is 2.12. The summed E-state index contributed by atoms with van der Waals surface area (Å²) in [5.74, 6) is 0. The molecule has 7 heavy (non-hydrogen) atoms. The number of thiophene rings is 1. The standard InChI is InChI=1S/C6H7S/c1-2-6-3-4-7-5-6/h4-5H,2H2,1H3. The molecule has 1 aromatic rings. The van der Waals surface area contributed by atoms with E-state index >= 15 is 0 Å². The maximum absolute atomic E-state index is 3.11. The normalized spacial score (nSPS) is 9.29. The minimum Gasteiger partial charge on any atom is -0.151 e. The molecular formula is C6H7S. The molecule has 0 spiro atoms. The van der Waals surface area contributed by atoms with Crippen molar-refractivity contribution in [3.05, 3.63) is 22.4 Å². The summed E-state index contributed by atoms with van der Waals surface area (Å²) >= 11 is 1.71. The summed E-state index contributed by atoms with van der Waals surface area (Å²) in [6.45, 7) is 2.14. The fraction of sp³-hybridized carbons (Fsp3) is 0.333. The van der Waals surface area contributed by atoms with Crippen LogP contribution in [0.5, 0.6) is 0 Å². The molecule has 0 atom stereocenters. The Labute approximate surface area is 47.8 Å². The van der Waals surface area contributed by atoms with Gasteiger partial charge in [0, 0.05) is 0 Å². The summed E-state index contributed by atoms with van der Waals surface area (Å²) in [5, 5.41) is 4.11. The summed E-state index contributed by atoms with van der Waals surface area (Å²) in [4.78, 5) is 0. The van der Waals surface area contributed by atoms with Crippen LogP contribution in [-0.2, 0) is 6.42 Å². The van der Waals surface area contributed by atoms with Crippen molar-refractivity contribution in [2.24, 2.45) is 0 Å². The van der Waals surface area contributed by atoms with Crippen LogP contribution in [0.25, 0.3) is 0 Å². The van der Waals surface area contributed by atoms with E-state index in [4.69, 9.17) is 0 Å².